The van der Waals surface area contributed by atoms with Crippen LogP contribution < -0.4 is 0 Å². The predicted octanol–water partition coefficient (Wildman–Crippen LogP) is 1.74. The first kappa shape index (κ1) is 14.8. The van der Waals surface area contributed by atoms with Crippen LogP contribution in [0.4, 0.5) is 0 Å². The van der Waals surface area contributed by atoms with E-state index in [1.54, 1.807) is 7.11 Å². The molecule has 2 rings (SSSR count). The maximum absolute atomic E-state index is 12.5. The minimum absolute atomic E-state index is 0.310. The molecule has 1 saturated carbocycles. The number of amides is 1. The Bertz CT molecular complexity index is 291. The lowest BCUT2D eigenvalue weighted by molar-refractivity contribution is -0.140. The normalized spacial score (nSPS) is 29.9. The molecular formula is C15H28N2O2. The van der Waals surface area contributed by atoms with Crippen LogP contribution in [-0.4, -0.2) is 61.1 Å². The van der Waals surface area contributed by atoms with Gasteiger partial charge in [-0.05, 0) is 26.7 Å². The number of ether oxygens (including phenoxy) is 1. The molecule has 2 fully saturated rings. The van der Waals surface area contributed by atoms with Gasteiger partial charge in [0.2, 0.25) is 5.91 Å². The number of hydrogen-bond donors (Lipinski definition) is 0. The largest absolute Gasteiger partial charge is 0.383 e. The first-order valence-corrected chi connectivity index (χ1v) is 7.67. The van der Waals surface area contributed by atoms with Gasteiger partial charge in [-0.25, -0.2) is 0 Å². The molecule has 1 aliphatic heterocycles. The number of rotatable bonds is 4. The molecule has 2 aliphatic rings. The number of nitrogens with zero attached hydrogens (tertiary/aromatic N) is 2. The molecule has 2 atom stereocenters. The van der Waals surface area contributed by atoms with Crippen molar-refractivity contribution in [1.29, 1.82) is 0 Å². The molecule has 2 unspecified atom stereocenters. The third-order valence-corrected chi connectivity index (χ3v) is 4.67. The Morgan fingerprint density at radius 1 is 1.16 bits per heavy atom. The zero-order valence-electron chi connectivity index (χ0n) is 12.6. The molecule has 0 aromatic carbocycles. The monoisotopic (exact) mass is 268 g/mol. The van der Waals surface area contributed by atoms with E-state index in [9.17, 15) is 4.79 Å². The lowest BCUT2D eigenvalue weighted by Gasteiger charge is -2.45. The van der Waals surface area contributed by atoms with Gasteiger partial charge in [0.05, 0.1) is 6.61 Å². The summed E-state index contributed by atoms with van der Waals surface area (Å²) in [6.45, 7) is 7.93. The quantitative estimate of drug-likeness (QED) is 0.778. The average Bonchev–Trinajstić information content (AvgIpc) is 2.90. The van der Waals surface area contributed by atoms with Gasteiger partial charge in [0.15, 0.2) is 0 Å². The van der Waals surface area contributed by atoms with E-state index in [2.05, 4.69) is 23.6 Å². The number of piperazine rings is 1. The van der Waals surface area contributed by atoms with Gasteiger partial charge in [0.1, 0.15) is 0 Å². The number of carbonyl (C=O) groups excluding carboxylic acids is 1. The topological polar surface area (TPSA) is 32.8 Å². The van der Waals surface area contributed by atoms with E-state index in [-0.39, 0.29) is 0 Å². The maximum atomic E-state index is 12.5. The zero-order valence-corrected chi connectivity index (χ0v) is 12.6. The van der Waals surface area contributed by atoms with Gasteiger partial charge < -0.3 is 9.64 Å². The zero-order chi connectivity index (χ0) is 13.8. The van der Waals surface area contributed by atoms with E-state index in [1.165, 1.54) is 12.8 Å². The van der Waals surface area contributed by atoms with E-state index >= 15 is 0 Å². The van der Waals surface area contributed by atoms with Crippen molar-refractivity contribution in [2.24, 2.45) is 5.92 Å². The summed E-state index contributed by atoms with van der Waals surface area (Å²) in [5.41, 5.74) is 0. The fraction of sp³-hybridized carbons (Fsp3) is 0.933. The van der Waals surface area contributed by atoms with Gasteiger partial charge in [0, 0.05) is 44.7 Å². The van der Waals surface area contributed by atoms with Crippen molar-refractivity contribution >= 4 is 5.91 Å². The third kappa shape index (κ3) is 3.48. The van der Waals surface area contributed by atoms with E-state index < -0.39 is 0 Å². The second-order valence-corrected chi connectivity index (χ2v) is 6.15. The minimum atomic E-state index is 0.310. The molecule has 0 N–H and O–H groups in total. The van der Waals surface area contributed by atoms with Crippen LogP contribution in [0.25, 0.3) is 0 Å². The second-order valence-electron chi connectivity index (χ2n) is 6.15. The smallest absolute Gasteiger partial charge is 0.225 e. The van der Waals surface area contributed by atoms with E-state index in [1.807, 2.05) is 0 Å². The Labute approximate surface area is 117 Å². The van der Waals surface area contributed by atoms with Crippen molar-refractivity contribution in [2.75, 3.05) is 33.4 Å². The number of methoxy groups -OCH3 is 1. The molecule has 4 heteroatoms. The van der Waals surface area contributed by atoms with Crippen molar-refractivity contribution in [3.8, 4) is 0 Å². The summed E-state index contributed by atoms with van der Waals surface area (Å²) >= 11 is 0. The van der Waals surface area contributed by atoms with E-state index in [0.29, 0.717) is 23.9 Å². The molecule has 0 spiro atoms. The highest BCUT2D eigenvalue weighted by Gasteiger charge is 2.34. The van der Waals surface area contributed by atoms with Crippen molar-refractivity contribution < 1.29 is 9.53 Å². The van der Waals surface area contributed by atoms with Crippen LogP contribution in [0.15, 0.2) is 0 Å². The first-order chi connectivity index (χ1) is 9.13. The SMILES string of the molecule is COCCN1C(C)CN(C(=O)C2CCCC2)CC1C. The first-order valence-electron chi connectivity index (χ1n) is 7.67. The van der Waals surface area contributed by atoms with Crippen LogP contribution in [0.2, 0.25) is 0 Å². The fourth-order valence-electron chi connectivity index (χ4n) is 3.60. The van der Waals surface area contributed by atoms with Gasteiger partial charge in [-0.3, -0.25) is 9.69 Å². The van der Waals surface area contributed by atoms with Crippen LogP contribution >= 0.6 is 0 Å². The van der Waals surface area contributed by atoms with Gasteiger partial charge in [-0.1, -0.05) is 12.8 Å². The maximum Gasteiger partial charge on any atom is 0.225 e. The highest BCUT2D eigenvalue weighted by atomic mass is 16.5. The van der Waals surface area contributed by atoms with E-state index in [0.717, 1.165) is 39.1 Å². The van der Waals surface area contributed by atoms with Gasteiger partial charge in [-0.2, -0.15) is 0 Å². The lowest BCUT2D eigenvalue weighted by Crippen LogP contribution is -2.59. The molecule has 1 heterocycles. The summed E-state index contributed by atoms with van der Waals surface area (Å²) < 4.78 is 5.17. The van der Waals surface area contributed by atoms with Crippen LogP contribution in [0.3, 0.4) is 0 Å². The summed E-state index contributed by atoms with van der Waals surface area (Å²) in [7, 11) is 1.75. The van der Waals surface area contributed by atoms with Gasteiger partial charge >= 0.3 is 0 Å². The minimum Gasteiger partial charge on any atom is -0.383 e. The molecule has 19 heavy (non-hydrogen) atoms. The molecule has 110 valence electrons. The highest BCUT2D eigenvalue weighted by molar-refractivity contribution is 5.79. The van der Waals surface area contributed by atoms with E-state index in [4.69, 9.17) is 4.74 Å². The molecule has 1 saturated heterocycles. The molecular weight excluding hydrogens is 240 g/mol. The van der Waals surface area contributed by atoms with Gasteiger partial charge in [-0.15, -0.1) is 0 Å². The van der Waals surface area contributed by atoms with Crippen LogP contribution in [0, 0.1) is 5.92 Å². The Balaban J connectivity index is 1.90. The summed E-state index contributed by atoms with van der Waals surface area (Å²) in [4.78, 5) is 17.1. The molecule has 0 aromatic rings. The predicted molar refractivity (Wildman–Crippen MR) is 76.0 cm³/mol. The third-order valence-electron chi connectivity index (χ3n) is 4.67. The summed E-state index contributed by atoms with van der Waals surface area (Å²) in [6.07, 6.45) is 4.67. The van der Waals surface area contributed by atoms with Crippen molar-refractivity contribution in [3.05, 3.63) is 0 Å². The van der Waals surface area contributed by atoms with Crippen molar-refractivity contribution in [1.82, 2.24) is 9.80 Å². The second kappa shape index (κ2) is 6.71. The standard InChI is InChI=1S/C15H28N2O2/c1-12-10-16(15(18)14-6-4-5-7-14)11-13(2)17(12)8-9-19-3/h12-14H,4-11H2,1-3H3. The number of carbonyl (C=O) groups is 1. The molecule has 0 bridgehead atoms. The van der Waals surface area contributed by atoms with Crippen LogP contribution in [0.1, 0.15) is 39.5 Å². The Morgan fingerprint density at radius 2 is 1.74 bits per heavy atom. The van der Waals surface area contributed by atoms with Crippen molar-refractivity contribution in [2.45, 2.75) is 51.6 Å². The number of hydrogen-bond acceptors (Lipinski definition) is 3. The molecule has 0 radical (unpaired) electrons. The fourth-order valence-corrected chi connectivity index (χ4v) is 3.60. The Kier molecular flexibility index (Phi) is 5.22. The Hall–Kier alpha value is -0.610. The molecule has 1 aliphatic carbocycles. The highest BCUT2D eigenvalue weighted by Crippen LogP contribution is 2.28. The Morgan fingerprint density at radius 3 is 2.26 bits per heavy atom. The molecule has 4 nitrogen and oxygen atoms in total. The van der Waals surface area contributed by atoms with Crippen LogP contribution in [-0.2, 0) is 9.53 Å². The lowest BCUT2D eigenvalue weighted by atomic mass is 10.0. The van der Waals surface area contributed by atoms with Gasteiger partial charge in [0.25, 0.3) is 0 Å². The molecule has 0 aromatic heterocycles. The van der Waals surface area contributed by atoms with Crippen LogP contribution in [0.5, 0.6) is 0 Å². The summed E-state index contributed by atoms with van der Waals surface area (Å²) in [5.74, 6) is 0.715. The average molecular weight is 268 g/mol. The summed E-state index contributed by atoms with van der Waals surface area (Å²) in [6, 6.07) is 0.869. The molecule has 1 amide bonds. The van der Waals surface area contributed by atoms with Crippen molar-refractivity contribution in [3.63, 3.8) is 0 Å². The summed E-state index contributed by atoms with van der Waals surface area (Å²) in [5, 5.41) is 0.